The molecule has 0 bridgehead atoms. The minimum Gasteiger partial charge on any atom is -0.506 e. The predicted octanol–water partition coefficient (Wildman–Crippen LogP) is 2.54. The monoisotopic (exact) mass is 218 g/mol. The molecule has 2 rings (SSSR count). The van der Waals surface area contributed by atoms with E-state index in [2.05, 4.69) is 10.3 Å². The van der Waals surface area contributed by atoms with Gasteiger partial charge in [0.25, 0.3) is 0 Å². The first-order valence-electron chi connectivity index (χ1n) is 4.87. The van der Waals surface area contributed by atoms with E-state index < -0.39 is 0 Å². The van der Waals surface area contributed by atoms with Crippen LogP contribution in [0, 0.1) is 5.82 Å². The Morgan fingerprint density at radius 3 is 2.81 bits per heavy atom. The van der Waals surface area contributed by atoms with Gasteiger partial charge < -0.3 is 10.4 Å². The van der Waals surface area contributed by atoms with Crippen LogP contribution in [0.3, 0.4) is 0 Å². The molecule has 82 valence electrons. The lowest BCUT2D eigenvalue weighted by Gasteiger charge is -2.05. The predicted molar refractivity (Wildman–Crippen MR) is 59.6 cm³/mol. The smallest absolute Gasteiger partial charge is 0.133 e. The number of pyridine rings is 1. The lowest BCUT2D eigenvalue weighted by Crippen LogP contribution is -2.01. The molecule has 0 aliphatic rings. The molecule has 2 aromatic rings. The van der Waals surface area contributed by atoms with Crippen LogP contribution in [0.2, 0.25) is 0 Å². The highest BCUT2D eigenvalue weighted by atomic mass is 19.1. The largest absolute Gasteiger partial charge is 0.506 e. The number of benzene rings is 1. The molecule has 3 nitrogen and oxygen atoms in total. The lowest BCUT2D eigenvalue weighted by atomic mass is 10.3. The number of aromatic hydroxyl groups is 1. The summed E-state index contributed by atoms with van der Waals surface area (Å²) in [4.78, 5) is 4.01. The van der Waals surface area contributed by atoms with Gasteiger partial charge in [-0.25, -0.2) is 4.39 Å². The number of anilines is 1. The van der Waals surface area contributed by atoms with Gasteiger partial charge >= 0.3 is 0 Å². The zero-order chi connectivity index (χ0) is 11.4. The Morgan fingerprint density at radius 1 is 1.25 bits per heavy atom. The second-order valence-electron chi connectivity index (χ2n) is 3.37. The molecule has 1 aromatic carbocycles. The van der Waals surface area contributed by atoms with E-state index in [4.69, 9.17) is 5.11 Å². The Kier molecular flexibility index (Phi) is 3.00. The first-order chi connectivity index (χ1) is 7.74. The zero-order valence-electron chi connectivity index (χ0n) is 8.52. The highest BCUT2D eigenvalue weighted by Crippen LogP contribution is 2.11. The molecule has 0 spiro atoms. The quantitative estimate of drug-likeness (QED) is 0.832. The fourth-order valence-electron chi connectivity index (χ4n) is 1.31. The van der Waals surface area contributed by atoms with Crippen molar-refractivity contribution in [1.82, 2.24) is 4.98 Å². The van der Waals surface area contributed by atoms with Crippen LogP contribution in [-0.4, -0.2) is 10.1 Å². The number of rotatable bonds is 3. The van der Waals surface area contributed by atoms with Gasteiger partial charge in [0.05, 0.1) is 18.4 Å². The summed E-state index contributed by atoms with van der Waals surface area (Å²) in [6.07, 6.45) is 1.38. The van der Waals surface area contributed by atoms with Gasteiger partial charge in [0.2, 0.25) is 0 Å². The summed E-state index contributed by atoms with van der Waals surface area (Å²) < 4.78 is 12.9. The lowest BCUT2D eigenvalue weighted by molar-refractivity contribution is 0.472. The first-order valence-corrected chi connectivity index (χ1v) is 4.87. The molecule has 0 saturated carbocycles. The zero-order valence-corrected chi connectivity index (χ0v) is 8.52. The first kappa shape index (κ1) is 10.4. The molecular formula is C12H11FN2O. The molecule has 0 aliphatic carbocycles. The van der Waals surface area contributed by atoms with Gasteiger partial charge in [-0.15, -0.1) is 0 Å². The van der Waals surface area contributed by atoms with Crippen molar-refractivity contribution in [2.45, 2.75) is 6.54 Å². The Hall–Kier alpha value is -2.10. The maximum atomic E-state index is 12.9. The average molecular weight is 218 g/mol. The molecule has 0 atom stereocenters. The number of nitrogens with one attached hydrogen (secondary N) is 1. The minimum absolute atomic E-state index is 0.134. The molecular weight excluding hydrogens is 207 g/mol. The van der Waals surface area contributed by atoms with Crippen molar-refractivity contribution in [2.75, 3.05) is 5.32 Å². The molecule has 0 aliphatic heterocycles. The molecule has 4 heteroatoms. The summed E-state index contributed by atoms with van der Waals surface area (Å²) in [5.41, 5.74) is 1.48. The van der Waals surface area contributed by atoms with Crippen LogP contribution >= 0.6 is 0 Å². The van der Waals surface area contributed by atoms with Crippen LogP contribution in [0.15, 0.2) is 42.6 Å². The molecule has 0 radical (unpaired) electrons. The van der Waals surface area contributed by atoms with Crippen molar-refractivity contribution in [3.05, 3.63) is 54.1 Å². The standard InChI is InChI=1S/C12H11FN2O/c13-9-2-1-3-10(6-9)14-7-11-4-5-12(16)8-15-11/h1-6,8,14,16H,7H2. The van der Waals surface area contributed by atoms with Gasteiger partial charge in [0.15, 0.2) is 0 Å². The second-order valence-corrected chi connectivity index (χ2v) is 3.37. The van der Waals surface area contributed by atoms with Crippen molar-refractivity contribution >= 4 is 5.69 Å². The van der Waals surface area contributed by atoms with Crippen LogP contribution in [-0.2, 0) is 6.54 Å². The van der Waals surface area contributed by atoms with Gasteiger partial charge in [0, 0.05) is 5.69 Å². The molecule has 1 heterocycles. The highest BCUT2D eigenvalue weighted by molar-refractivity contribution is 5.43. The van der Waals surface area contributed by atoms with Gasteiger partial charge in [-0.05, 0) is 30.3 Å². The summed E-state index contributed by atoms with van der Waals surface area (Å²) in [6.45, 7) is 0.490. The summed E-state index contributed by atoms with van der Waals surface area (Å²) in [5, 5.41) is 12.1. The summed E-state index contributed by atoms with van der Waals surface area (Å²) >= 11 is 0. The average Bonchev–Trinajstić information content (AvgIpc) is 2.28. The van der Waals surface area contributed by atoms with E-state index in [0.717, 1.165) is 5.69 Å². The Balaban J connectivity index is 1.99. The Bertz CT molecular complexity index is 471. The van der Waals surface area contributed by atoms with Crippen molar-refractivity contribution in [3.8, 4) is 5.75 Å². The molecule has 2 N–H and O–H groups in total. The maximum absolute atomic E-state index is 12.9. The second kappa shape index (κ2) is 4.61. The fourth-order valence-corrected chi connectivity index (χ4v) is 1.31. The molecule has 16 heavy (non-hydrogen) atoms. The minimum atomic E-state index is -0.274. The number of halogens is 1. The topological polar surface area (TPSA) is 45.1 Å². The van der Waals surface area contributed by atoms with Crippen molar-refractivity contribution in [2.24, 2.45) is 0 Å². The van der Waals surface area contributed by atoms with Gasteiger partial charge in [-0.2, -0.15) is 0 Å². The molecule has 0 fully saturated rings. The van der Waals surface area contributed by atoms with E-state index >= 15 is 0 Å². The number of aromatic nitrogens is 1. The number of hydrogen-bond acceptors (Lipinski definition) is 3. The summed E-state index contributed by atoms with van der Waals surface area (Å²) in [6, 6.07) is 9.51. The molecule has 0 amide bonds. The summed E-state index contributed by atoms with van der Waals surface area (Å²) in [7, 11) is 0. The summed E-state index contributed by atoms with van der Waals surface area (Å²) in [5.74, 6) is -0.141. The normalized spacial score (nSPS) is 10.1. The van der Waals surface area contributed by atoms with Gasteiger partial charge in [-0.3, -0.25) is 4.98 Å². The SMILES string of the molecule is Oc1ccc(CNc2cccc(F)c2)nc1. The van der Waals surface area contributed by atoms with Crippen molar-refractivity contribution in [3.63, 3.8) is 0 Å². The van der Waals surface area contributed by atoms with E-state index in [0.29, 0.717) is 12.2 Å². The third kappa shape index (κ3) is 2.70. The van der Waals surface area contributed by atoms with Crippen LogP contribution in [0.25, 0.3) is 0 Å². The Morgan fingerprint density at radius 2 is 2.12 bits per heavy atom. The third-order valence-corrected chi connectivity index (χ3v) is 2.11. The van der Waals surface area contributed by atoms with E-state index in [1.807, 2.05) is 0 Å². The third-order valence-electron chi connectivity index (χ3n) is 2.11. The van der Waals surface area contributed by atoms with E-state index in [1.54, 1.807) is 24.3 Å². The Labute approximate surface area is 92.6 Å². The van der Waals surface area contributed by atoms with Crippen LogP contribution in [0.1, 0.15) is 5.69 Å². The van der Waals surface area contributed by atoms with E-state index in [-0.39, 0.29) is 11.6 Å². The van der Waals surface area contributed by atoms with Crippen LogP contribution in [0.5, 0.6) is 5.75 Å². The van der Waals surface area contributed by atoms with Gasteiger partial charge in [-0.1, -0.05) is 6.07 Å². The molecule has 0 unspecified atom stereocenters. The molecule has 0 saturated heterocycles. The fraction of sp³-hybridized carbons (Fsp3) is 0.0833. The van der Waals surface area contributed by atoms with Crippen LogP contribution in [0.4, 0.5) is 10.1 Å². The number of nitrogens with zero attached hydrogens (tertiary/aromatic N) is 1. The van der Waals surface area contributed by atoms with Crippen LogP contribution < -0.4 is 5.32 Å². The van der Waals surface area contributed by atoms with Crippen molar-refractivity contribution < 1.29 is 9.50 Å². The maximum Gasteiger partial charge on any atom is 0.133 e. The van der Waals surface area contributed by atoms with E-state index in [9.17, 15) is 4.39 Å². The molecule has 1 aromatic heterocycles. The van der Waals surface area contributed by atoms with Gasteiger partial charge in [0.1, 0.15) is 11.6 Å². The number of hydrogen-bond donors (Lipinski definition) is 2. The van der Waals surface area contributed by atoms with Crippen molar-refractivity contribution in [1.29, 1.82) is 0 Å². The van der Waals surface area contributed by atoms with E-state index in [1.165, 1.54) is 18.3 Å². The highest BCUT2D eigenvalue weighted by Gasteiger charge is 1.97.